The molecule has 0 aliphatic carbocycles. The Morgan fingerprint density at radius 1 is 1.38 bits per heavy atom. The molecule has 0 fully saturated rings. The molecule has 2 atom stereocenters. The molecule has 0 rings (SSSR count). The van der Waals surface area contributed by atoms with Crippen LogP contribution in [0.2, 0.25) is 0 Å². The van der Waals surface area contributed by atoms with E-state index in [1.165, 1.54) is 6.26 Å². The molecular formula is C11H26N2O2S. The Balaban J connectivity index is 4.29. The Labute approximate surface area is 100 Å². The summed E-state index contributed by atoms with van der Waals surface area (Å²) < 4.78 is 22.0. The van der Waals surface area contributed by atoms with Crippen molar-refractivity contribution < 1.29 is 8.42 Å². The Kier molecular flexibility index (Phi) is 5.93. The van der Waals surface area contributed by atoms with Gasteiger partial charge in [-0.15, -0.1) is 0 Å². The van der Waals surface area contributed by atoms with Crippen LogP contribution in [0.3, 0.4) is 0 Å². The van der Waals surface area contributed by atoms with Crippen LogP contribution < -0.4 is 5.73 Å². The van der Waals surface area contributed by atoms with Crippen LogP contribution in [0.15, 0.2) is 0 Å². The Morgan fingerprint density at radius 3 is 2.19 bits per heavy atom. The van der Waals surface area contributed by atoms with E-state index in [1.807, 2.05) is 14.1 Å². The summed E-state index contributed by atoms with van der Waals surface area (Å²) in [6.07, 6.45) is 3.61. The highest BCUT2D eigenvalue weighted by molar-refractivity contribution is 7.90. The third kappa shape index (κ3) is 4.80. The van der Waals surface area contributed by atoms with Crippen LogP contribution in [0.25, 0.3) is 0 Å². The minimum atomic E-state index is -2.86. The predicted octanol–water partition coefficient (Wildman–Crippen LogP) is 0.869. The first-order chi connectivity index (χ1) is 7.13. The number of hydrogen-bond acceptors (Lipinski definition) is 4. The average Bonchev–Trinajstić information content (AvgIpc) is 2.13. The highest BCUT2D eigenvalue weighted by Crippen LogP contribution is 2.22. The summed E-state index contributed by atoms with van der Waals surface area (Å²) in [6, 6.07) is 0.00856. The van der Waals surface area contributed by atoms with Crippen LogP contribution in [0, 0.1) is 0 Å². The van der Waals surface area contributed by atoms with Gasteiger partial charge in [-0.2, -0.15) is 0 Å². The van der Waals surface area contributed by atoms with Crippen molar-refractivity contribution in [2.75, 3.05) is 26.1 Å². The molecule has 0 amide bonds. The van der Waals surface area contributed by atoms with Crippen molar-refractivity contribution in [2.24, 2.45) is 5.73 Å². The van der Waals surface area contributed by atoms with E-state index in [1.54, 1.807) is 0 Å². The molecular weight excluding hydrogens is 224 g/mol. The second-order valence-electron chi connectivity index (χ2n) is 4.98. The number of likely N-dealkylation sites (N-methyl/N-ethyl adjacent to an activating group) is 1. The monoisotopic (exact) mass is 250 g/mol. The second-order valence-corrected chi connectivity index (χ2v) is 7.24. The van der Waals surface area contributed by atoms with E-state index in [-0.39, 0.29) is 17.3 Å². The lowest BCUT2D eigenvalue weighted by atomic mass is 9.86. The number of sulfone groups is 1. The van der Waals surface area contributed by atoms with E-state index in [4.69, 9.17) is 5.73 Å². The molecule has 0 bridgehead atoms. The summed E-state index contributed by atoms with van der Waals surface area (Å²) in [4.78, 5) is 2.12. The lowest BCUT2D eigenvalue weighted by Gasteiger charge is -2.41. The van der Waals surface area contributed by atoms with Gasteiger partial charge < -0.3 is 10.6 Å². The Bertz CT molecular complexity index is 301. The molecule has 2 N–H and O–H groups in total. The van der Waals surface area contributed by atoms with Crippen LogP contribution in [0.1, 0.15) is 33.1 Å². The summed E-state index contributed by atoms with van der Waals surface area (Å²) in [5, 5.41) is 0. The average molecular weight is 250 g/mol. The molecule has 16 heavy (non-hydrogen) atoms. The van der Waals surface area contributed by atoms with E-state index < -0.39 is 9.84 Å². The Hall–Kier alpha value is -0.130. The number of nitrogens with zero attached hydrogens (tertiary/aromatic N) is 1. The molecule has 0 spiro atoms. The van der Waals surface area contributed by atoms with Gasteiger partial charge in [0.15, 0.2) is 0 Å². The smallest absolute Gasteiger partial charge is 0.147 e. The van der Waals surface area contributed by atoms with Crippen LogP contribution in [0.5, 0.6) is 0 Å². The summed E-state index contributed by atoms with van der Waals surface area (Å²) in [7, 11) is 1.17. The third-order valence-electron chi connectivity index (χ3n) is 3.57. The van der Waals surface area contributed by atoms with E-state index in [0.717, 1.165) is 12.8 Å². The molecule has 2 unspecified atom stereocenters. The number of hydrogen-bond donors (Lipinski definition) is 1. The highest BCUT2D eigenvalue weighted by Gasteiger charge is 2.31. The summed E-state index contributed by atoms with van der Waals surface area (Å²) >= 11 is 0. The van der Waals surface area contributed by atoms with Crippen LogP contribution in [-0.2, 0) is 9.84 Å². The molecule has 0 saturated heterocycles. The van der Waals surface area contributed by atoms with Gasteiger partial charge in [0.05, 0.1) is 0 Å². The molecule has 0 heterocycles. The maximum absolute atomic E-state index is 11.0. The van der Waals surface area contributed by atoms with Gasteiger partial charge >= 0.3 is 0 Å². The van der Waals surface area contributed by atoms with Crippen LogP contribution in [0.4, 0.5) is 0 Å². The van der Waals surface area contributed by atoms with Crippen molar-refractivity contribution in [2.45, 2.75) is 44.7 Å². The largest absolute Gasteiger partial charge is 0.326 e. The fourth-order valence-electron chi connectivity index (χ4n) is 1.79. The molecule has 0 radical (unpaired) electrons. The van der Waals surface area contributed by atoms with E-state index in [2.05, 4.69) is 18.7 Å². The van der Waals surface area contributed by atoms with Crippen molar-refractivity contribution in [1.82, 2.24) is 4.90 Å². The fourth-order valence-corrected chi connectivity index (χ4v) is 2.48. The van der Waals surface area contributed by atoms with Gasteiger partial charge in [0.1, 0.15) is 9.84 Å². The molecule has 0 saturated carbocycles. The lowest BCUT2D eigenvalue weighted by Crippen LogP contribution is -2.54. The minimum absolute atomic E-state index is 0.00856. The maximum Gasteiger partial charge on any atom is 0.147 e. The zero-order valence-corrected chi connectivity index (χ0v) is 12.0. The van der Waals surface area contributed by atoms with Crippen molar-refractivity contribution in [3.05, 3.63) is 0 Å². The first-order valence-electron chi connectivity index (χ1n) is 5.74. The first-order valence-corrected chi connectivity index (χ1v) is 7.80. The molecule has 0 aliphatic heterocycles. The van der Waals surface area contributed by atoms with E-state index in [9.17, 15) is 8.42 Å². The fraction of sp³-hybridized carbons (Fsp3) is 1.00. The standard InChI is InChI=1S/C11H26N2O2S/c1-6-11(2,13(3)4)10(12)8-7-9-16(5,14)15/h10H,6-9,12H2,1-5H3. The van der Waals surface area contributed by atoms with E-state index in [0.29, 0.717) is 6.42 Å². The second kappa shape index (κ2) is 5.98. The van der Waals surface area contributed by atoms with Gasteiger partial charge in [0, 0.05) is 23.6 Å². The van der Waals surface area contributed by atoms with Gasteiger partial charge in [-0.25, -0.2) is 8.42 Å². The topological polar surface area (TPSA) is 63.4 Å². The third-order valence-corrected chi connectivity index (χ3v) is 4.60. The van der Waals surface area contributed by atoms with Crippen molar-refractivity contribution in [1.29, 1.82) is 0 Å². The van der Waals surface area contributed by atoms with Gasteiger partial charge in [-0.05, 0) is 40.3 Å². The zero-order valence-electron chi connectivity index (χ0n) is 11.2. The molecule has 4 nitrogen and oxygen atoms in total. The van der Waals surface area contributed by atoms with Crippen molar-refractivity contribution >= 4 is 9.84 Å². The van der Waals surface area contributed by atoms with Crippen LogP contribution in [-0.4, -0.2) is 51.0 Å². The molecule has 0 aromatic heterocycles. The molecule has 0 aromatic carbocycles. The summed E-state index contributed by atoms with van der Waals surface area (Å²) in [6.45, 7) is 4.23. The number of rotatable bonds is 7. The van der Waals surface area contributed by atoms with Gasteiger partial charge in [-0.1, -0.05) is 6.92 Å². The molecule has 98 valence electrons. The summed E-state index contributed by atoms with van der Waals surface area (Å²) in [5.74, 6) is 0.230. The minimum Gasteiger partial charge on any atom is -0.326 e. The van der Waals surface area contributed by atoms with Crippen molar-refractivity contribution in [3.63, 3.8) is 0 Å². The van der Waals surface area contributed by atoms with E-state index >= 15 is 0 Å². The highest BCUT2D eigenvalue weighted by atomic mass is 32.2. The molecule has 0 aromatic rings. The maximum atomic E-state index is 11.0. The Morgan fingerprint density at radius 2 is 1.88 bits per heavy atom. The van der Waals surface area contributed by atoms with Crippen molar-refractivity contribution in [3.8, 4) is 0 Å². The lowest BCUT2D eigenvalue weighted by molar-refractivity contribution is 0.127. The van der Waals surface area contributed by atoms with Gasteiger partial charge in [0.25, 0.3) is 0 Å². The van der Waals surface area contributed by atoms with Gasteiger partial charge in [0.2, 0.25) is 0 Å². The molecule has 0 aliphatic rings. The summed E-state index contributed by atoms with van der Waals surface area (Å²) in [5.41, 5.74) is 6.10. The zero-order chi connectivity index (χ0) is 13.0. The first kappa shape index (κ1) is 15.9. The van der Waals surface area contributed by atoms with Crippen LogP contribution >= 0.6 is 0 Å². The normalized spacial score (nSPS) is 18.4. The SMILES string of the molecule is CCC(C)(C(N)CCCS(C)(=O)=O)N(C)C. The van der Waals surface area contributed by atoms with Gasteiger partial charge in [-0.3, -0.25) is 0 Å². The predicted molar refractivity (Wildman–Crippen MR) is 69.3 cm³/mol. The number of nitrogens with two attached hydrogens (primary N) is 1. The molecule has 5 heteroatoms. The quantitative estimate of drug-likeness (QED) is 0.728.